The summed E-state index contributed by atoms with van der Waals surface area (Å²) in [4.78, 5) is 14.9. The lowest BCUT2D eigenvalue weighted by molar-refractivity contribution is 0.0909. The second kappa shape index (κ2) is 7.06. The molecule has 2 saturated heterocycles. The van der Waals surface area contributed by atoms with Gasteiger partial charge in [-0.15, -0.1) is 0 Å². The Labute approximate surface area is 152 Å². The van der Waals surface area contributed by atoms with Crippen LogP contribution in [0.4, 0.5) is 0 Å². The summed E-state index contributed by atoms with van der Waals surface area (Å²) in [6.45, 7) is 3.34. The third-order valence-corrected chi connectivity index (χ3v) is 5.19. The molecule has 4 rings (SSSR count). The number of halogens is 1. The number of nitrogens with zero attached hydrogens (tertiary/aromatic N) is 1. The van der Waals surface area contributed by atoms with Gasteiger partial charge in [-0.2, -0.15) is 0 Å². The van der Waals surface area contributed by atoms with E-state index in [0.29, 0.717) is 22.1 Å². The van der Waals surface area contributed by atoms with Crippen LogP contribution in [0.2, 0.25) is 5.02 Å². The van der Waals surface area contributed by atoms with Gasteiger partial charge in [0.15, 0.2) is 0 Å². The molecule has 0 spiro atoms. The number of amides is 1. The summed E-state index contributed by atoms with van der Waals surface area (Å²) < 4.78 is 5.76. The molecule has 0 radical (unpaired) electrons. The predicted molar refractivity (Wildman–Crippen MR) is 98.4 cm³/mol. The van der Waals surface area contributed by atoms with Crippen molar-refractivity contribution < 1.29 is 9.53 Å². The van der Waals surface area contributed by atoms with Gasteiger partial charge in [-0.3, -0.25) is 4.79 Å². The van der Waals surface area contributed by atoms with E-state index in [0.717, 1.165) is 18.9 Å². The molecule has 2 aromatic carbocycles. The molecule has 3 atom stereocenters. The largest absolute Gasteiger partial charge is 0.457 e. The van der Waals surface area contributed by atoms with Crippen LogP contribution in [-0.4, -0.2) is 36.5 Å². The van der Waals surface area contributed by atoms with E-state index in [2.05, 4.69) is 10.2 Å². The fraction of sp³-hybridized carbons (Fsp3) is 0.350. The van der Waals surface area contributed by atoms with Crippen molar-refractivity contribution in [1.29, 1.82) is 0 Å². The van der Waals surface area contributed by atoms with E-state index < -0.39 is 0 Å². The van der Waals surface area contributed by atoms with Gasteiger partial charge in [0, 0.05) is 29.7 Å². The van der Waals surface area contributed by atoms with Crippen molar-refractivity contribution in [2.45, 2.75) is 18.9 Å². The van der Waals surface area contributed by atoms with Crippen molar-refractivity contribution in [3.05, 3.63) is 59.1 Å². The molecule has 2 aliphatic rings. The van der Waals surface area contributed by atoms with Gasteiger partial charge in [0.1, 0.15) is 11.5 Å². The van der Waals surface area contributed by atoms with E-state index in [1.807, 2.05) is 24.3 Å². The van der Waals surface area contributed by atoms with Crippen LogP contribution in [0.25, 0.3) is 0 Å². The number of ether oxygens (including phenoxy) is 1. The summed E-state index contributed by atoms with van der Waals surface area (Å²) >= 11 is 5.96. The van der Waals surface area contributed by atoms with E-state index in [9.17, 15) is 4.79 Å². The number of rotatable bonds is 4. The lowest BCUT2D eigenvalue weighted by atomic mass is 9.96. The standard InChI is InChI=1S/C20H21ClN2O2/c21-16-2-1-3-19(11-16)25-18-6-4-15(5-7-18)20(24)22-17-10-14-8-9-23(12-14)13-17/h1-7,11,14,17H,8-10,12-13H2,(H,22,24)/t14-,17-/m1/s1. The number of hydrogen-bond donors (Lipinski definition) is 1. The molecule has 4 nitrogen and oxygen atoms in total. The topological polar surface area (TPSA) is 41.6 Å². The van der Waals surface area contributed by atoms with Gasteiger partial charge in [-0.1, -0.05) is 17.7 Å². The van der Waals surface area contributed by atoms with Crippen LogP contribution in [0.15, 0.2) is 48.5 Å². The summed E-state index contributed by atoms with van der Waals surface area (Å²) in [5.74, 6) is 2.09. The smallest absolute Gasteiger partial charge is 0.251 e. The van der Waals surface area contributed by atoms with Crippen LogP contribution in [0, 0.1) is 5.92 Å². The molecule has 5 heteroatoms. The molecule has 2 aromatic rings. The normalized spacial score (nSPS) is 24.8. The van der Waals surface area contributed by atoms with Crippen LogP contribution < -0.4 is 10.1 Å². The van der Waals surface area contributed by atoms with E-state index in [1.165, 1.54) is 19.5 Å². The number of hydrogen-bond acceptors (Lipinski definition) is 3. The summed E-state index contributed by atoms with van der Waals surface area (Å²) in [6.07, 6.45) is 2.36. The highest BCUT2D eigenvalue weighted by Crippen LogP contribution is 2.27. The Hall–Kier alpha value is -2.04. The fourth-order valence-corrected chi connectivity index (χ4v) is 3.95. The third kappa shape index (κ3) is 3.97. The molecule has 130 valence electrons. The van der Waals surface area contributed by atoms with Gasteiger partial charge in [0.25, 0.3) is 5.91 Å². The summed E-state index contributed by atoms with van der Waals surface area (Å²) in [7, 11) is 0. The molecule has 2 bridgehead atoms. The Kier molecular flexibility index (Phi) is 4.64. The zero-order chi connectivity index (χ0) is 17.2. The highest BCUT2D eigenvalue weighted by molar-refractivity contribution is 6.30. The molecule has 0 aliphatic carbocycles. The Balaban J connectivity index is 1.37. The van der Waals surface area contributed by atoms with E-state index in [-0.39, 0.29) is 11.9 Å². The first kappa shape index (κ1) is 16.4. The Bertz CT molecular complexity index is 751. The van der Waals surface area contributed by atoms with Crippen molar-refractivity contribution >= 4 is 17.5 Å². The van der Waals surface area contributed by atoms with E-state index >= 15 is 0 Å². The SMILES string of the molecule is O=C(N[C@@H]1C[C@H]2CCN(C2)C1)c1ccc(Oc2cccc(Cl)c2)cc1. The highest BCUT2D eigenvalue weighted by Gasteiger charge is 2.32. The van der Waals surface area contributed by atoms with Gasteiger partial charge in [-0.05, 0) is 67.8 Å². The number of nitrogens with one attached hydrogen (secondary N) is 1. The average Bonchev–Trinajstić information content (AvgIpc) is 2.94. The number of carbonyl (C=O) groups excluding carboxylic acids is 1. The van der Waals surface area contributed by atoms with Crippen LogP contribution in [0.3, 0.4) is 0 Å². The van der Waals surface area contributed by atoms with Gasteiger partial charge in [-0.25, -0.2) is 0 Å². The number of carbonyl (C=O) groups is 1. The second-order valence-corrected chi connectivity index (χ2v) is 7.34. The maximum absolute atomic E-state index is 12.5. The van der Waals surface area contributed by atoms with Gasteiger partial charge in [0.2, 0.25) is 0 Å². The third-order valence-electron chi connectivity index (χ3n) is 4.95. The lowest BCUT2D eigenvalue weighted by Crippen LogP contribution is -2.46. The van der Waals surface area contributed by atoms with E-state index in [4.69, 9.17) is 16.3 Å². The quantitative estimate of drug-likeness (QED) is 0.901. The average molecular weight is 357 g/mol. The molecule has 2 heterocycles. The van der Waals surface area contributed by atoms with Crippen LogP contribution >= 0.6 is 11.6 Å². The van der Waals surface area contributed by atoms with Crippen LogP contribution in [-0.2, 0) is 0 Å². The van der Waals surface area contributed by atoms with E-state index in [1.54, 1.807) is 24.3 Å². The fourth-order valence-electron chi connectivity index (χ4n) is 3.77. The number of fused-ring (bicyclic) bond motifs is 2. The van der Waals surface area contributed by atoms with Gasteiger partial charge in [0.05, 0.1) is 0 Å². The summed E-state index contributed by atoms with van der Waals surface area (Å²) in [5, 5.41) is 3.80. The Morgan fingerprint density at radius 3 is 2.72 bits per heavy atom. The minimum Gasteiger partial charge on any atom is -0.457 e. The number of piperidine rings is 1. The first-order chi connectivity index (χ1) is 12.2. The first-order valence-electron chi connectivity index (χ1n) is 8.72. The van der Waals surface area contributed by atoms with Gasteiger partial charge >= 0.3 is 0 Å². The Morgan fingerprint density at radius 1 is 1.12 bits per heavy atom. The lowest BCUT2D eigenvalue weighted by Gasteiger charge is -2.30. The van der Waals surface area contributed by atoms with Crippen LogP contribution in [0.5, 0.6) is 11.5 Å². The van der Waals surface area contributed by atoms with Crippen molar-refractivity contribution in [1.82, 2.24) is 10.2 Å². The molecule has 1 N–H and O–H groups in total. The maximum atomic E-state index is 12.5. The first-order valence-corrected chi connectivity index (χ1v) is 9.10. The molecule has 25 heavy (non-hydrogen) atoms. The zero-order valence-corrected chi connectivity index (χ0v) is 14.7. The molecule has 2 fully saturated rings. The Morgan fingerprint density at radius 2 is 1.96 bits per heavy atom. The summed E-state index contributed by atoms with van der Waals surface area (Å²) in [6, 6.07) is 14.7. The highest BCUT2D eigenvalue weighted by atomic mass is 35.5. The molecular weight excluding hydrogens is 336 g/mol. The molecule has 1 unspecified atom stereocenters. The maximum Gasteiger partial charge on any atom is 0.251 e. The van der Waals surface area contributed by atoms with Crippen molar-refractivity contribution in [3.63, 3.8) is 0 Å². The molecule has 1 amide bonds. The minimum atomic E-state index is -0.0122. The molecular formula is C20H21ClN2O2. The monoisotopic (exact) mass is 356 g/mol. The van der Waals surface area contributed by atoms with Crippen molar-refractivity contribution in [2.24, 2.45) is 5.92 Å². The summed E-state index contributed by atoms with van der Waals surface area (Å²) in [5.41, 5.74) is 0.659. The van der Waals surface area contributed by atoms with Gasteiger partial charge < -0.3 is 15.0 Å². The number of benzene rings is 2. The zero-order valence-electron chi connectivity index (χ0n) is 14.0. The second-order valence-electron chi connectivity index (χ2n) is 6.90. The van der Waals surface area contributed by atoms with Crippen LogP contribution in [0.1, 0.15) is 23.2 Å². The molecule has 0 aromatic heterocycles. The van der Waals surface area contributed by atoms with Crippen molar-refractivity contribution in [2.75, 3.05) is 19.6 Å². The molecule has 0 saturated carbocycles. The predicted octanol–water partition coefficient (Wildman–Crippen LogP) is 3.96. The molecule has 2 aliphatic heterocycles. The van der Waals surface area contributed by atoms with Crippen molar-refractivity contribution in [3.8, 4) is 11.5 Å². The minimum absolute atomic E-state index is 0.0122.